The minimum atomic E-state index is -0.578. The molecule has 0 atom stereocenters. The Hall–Kier alpha value is -3.18. The molecule has 0 fully saturated rings. The molecule has 0 N–H and O–H groups in total. The number of allylic oxidation sites excluding steroid dienone is 1. The van der Waals surface area contributed by atoms with E-state index >= 15 is 0 Å². The van der Waals surface area contributed by atoms with Crippen LogP contribution in [-0.4, -0.2) is 10.7 Å². The maximum Gasteiger partial charge on any atom is 0.280 e. The topological polar surface area (TPSA) is 73.3 Å². The fourth-order valence-corrected chi connectivity index (χ4v) is 2.52. The zero-order chi connectivity index (χ0) is 17.8. The largest absolute Gasteiger partial charge is 0.457 e. The van der Waals surface area contributed by atoms with Gasteiger partial charge in [-0.25, -0.2) is 0 Å². The van der Waals surface area contributed by atoms with Crippen molar-refractivity contribution in [3.63, 3.8) is 0 Å². The molecule has 0 radical (unpaired) electrons. The van der Waals surface area contributed by atoms with Crippen LogP contribution in [0, 0.1) is 10.1 Å². The van der Waals surface area contributed by atoms with Gasteiger partial charge in [0.1, 0.15) is 11.5 Å². The second kappa shape index (κ2) is 7.15. The number of carbonyl (C=O) groups is 1. The van der Waals surface area contributed by atoms with Gasteiger partial charge >= 0.3 is 0 Å². The van der Waals surface area contributed by atoms with E-state index in [2.05, 4.69) is 0 Å². The molecule has 1 heterocycles. The van der Waals surface area contributed by atoms with Gasteiger partial charge in [-0.15, -0.1) is 0 Å². The van der Waals surface area contributed by atoms with Gasteiger partial charge in [-0.2, -0.15) is 0 Å². The average molecular weight is 354 g/mol. The van der Waals surface area contributed by atoms with E-state index in [9.17, 15) is 14.9 Å². The lowest BCUT2D eigenvalue weighted by Gasteiger charge is -1.98. The van der Waals surface area contributed by atoms with Crippen molar-refractivity contribution in [2.24, 2.45) is 0 Å². The van der Waals surface area contributed by atoms with Crippen molar-refractivity contribution in [2.45, 2.75) is 0 Å². The molecule has 0 saturated carbocycles. The van der Waals surface area contributed by atoms with E-state index in [1.807, 2.05) is 12.1 Å². The Morgan fingerprint density at radius 1 is 1.08 bits per heavy atom. The van der Waals surface area contributed by atoms with Crippen LogP contribution >= 0.6 is 11.6 Å². The molecule has 3 aromatic rings. The summed E-state index contributed by atoms with van der Waals surface area (Å²) in [6, 6.07) is 16.5. The van der Waals surface area contributed by atoms with E-state index < -0.39 is 10.7 Å². The minimum Gasteiger partial charge on any atom is -0.457 e. The van der Waals surface area contributed by atoms with E-state index in [4.69, 9.17) is 16.0 Å². The zero-order valence-corrected chi connectivity index (χ0v) is 13.6. The third kappa shape index (κ3) is 3.84. The van der Waals surface area contributed by atoms with Crippen molar-refractivity contribution in [3.05, 3.63) is 93.2 Å². The van der Waals surface area contributed by atoms with Gasteiger partial charge in [0.2, 0.25) is 0 Å². The summed E-state index contributed by atoms with van der Waals surface area (Å²) in [5, 5.41) is 11.6. The summed E-state index contributed by atoms with van der Waals surface area (Å²) in [4.78, 5) is 22.6. The fourth-order valence-electron chi connectivity index (χ4n) is 2.33. The van der Waals surface area contributed by atoms with Crippen molar-refractivity contribution in [3.8, 4) is 11.3 Å². The van der Waals surface area contributed by atoms with Crippen molar-refractivity contribution in [1.82, 2.24) is 0 Å². The highest BCUT2D eigenvalue weighted by Gasteiger charge is 2.17. The zero-order valence-electron chi connectivity index (χ0n) is 12.9. The molecule has 5 nitrogen and oxygen atoms in total. The summed E-state index contributed by atoms with van der Waals surface area (Å²) in [6.45, 7) is 0. The van der Waals surface area contributed by atoms with Crippen molar-refractivity contribution in [2.75, 3.05) is 0 Å². The molecule has 25 heavy (non-hydrogen) atoms. The van der Waals surface area contributed by atoms with Gasteiger partial charge in [-0.1, -0.05) is 35.9 Å². The van der Waals surface area contributed by atoms with Crippen molar-refractivity contribution >= 4 is 29.1 Å². The predicted octanol–water partition coefficient (Wildman–Crippen LogP) is 5.40. The van der Waals surface area contributed by atoms with Crippen LogP contribution in [0.3, 0.4) is 0 Å². The molecule has 0 aliphatic carbocycles. The number of carbonyl (C=O) groups excluding carboxylic acids is 1. The summed E-state index contributed by atoms with van der Waals surface area (Å²) in [5.74, 6) is 0.607. The first-order chi connectivity index (χ1) is 12.0. The van der Waals surface area contributed by atoms with Crippen LogP contribution in [0.5, 0.6) is 0 Å². The quantitative estimate of drug-likeness (QED) is 0.266. The predicted molar refractivity (Wildman–Crippen MR) is 95.6 cm³/mol. The highest BCUT2D eigenvalue weighted by molar-refractivity contribution is 6.30. The normalized spacial score (nSPS) is 10.9. The molecule has 0 aliphatic rings. The summed E-state index contributed by atoms with van der Waals surface area (Å²) in [7, 11) is 0. The summed E-state index contributed by atoms with van der Waals surface area (Å²) >= 11 is 5.96. The number of hydrogen-bond acceptors (Lipinski definition) is 4. The first-order valence-electron chi connectivity index (χ1n) is 7.36. The molecule has 1 aromatic heterocycles. The number of hydrogen-bond donors (Lipinski definition) is 0. The van der Waals surface area contributed by atoms with Gasteiger partial charge in [-0.3, -0.25) is 14.9 Å². The number of furan rings is 1. The SMILES string of the molecule is O=C(/C=C/c1ccc(-c2cccc(Cl)c2)o1)c1ccccc1[N+](=O)[O-]. The van der Waals surface area contributed by atoms with Crippen LogP contribution in [0.25, 0.3) is 17.4 Å². The van der Waals surface area contributed by atoms with E-state index in [0.717, 1.165) is 5.56 Å². The van der Waals surface area contributed by atoms with E-state index in [1.54, 1.807) is 30.3 Å². The maximum atomic E-state index is 12.2. The number of nitro groups is 1. The molecular formula is C19H12ClNO4. The molecule has 2 aromatic carbocycles. The van der Waals surface area contributed by atoms with Crippen molar-refractivity contribution in [1.29, 1.82) is 0 Å². The lowest BCUT2D eigenvalue weighted by molar-refractivity contribution is -0.385. The van der Waals surface area contributed by atoms with Gasteiger partial charge in [-0.05, 0) is 42.5 Å². The monoisotopic (exact) mass is 353 g/mol. The molecule has 0 saturated heterocycles. The molecule has 0 aliphatic heterocycles. The van der Waals surface area contributed by atoms with Crippen LogP contribution in [0.15, 0.2) is 71.2 Å². The molecule has 0 spiro atoms. The molecule has 0 unspecified atom stereocenters. The molecule has 6 heteroatoms. The summed E-state index contributed by atoms with van der Waals surface area (Å²) in [6.07, 6.45) is 2.73. The highest BCUT2D eigenvalue weighted by Crippen LogP contribution is 2.25. The van der Waals surface area contributed by atoms with Crippen molar-refractivity contribution < 1.29 is 14.1 Å². The fraction of sp³-hybridized carbons (Fsp3) is 0. The Morgan fingerprint density at radius 2 is 1.88 bits per heavy atom. The molecule has 0 bridgehead atoms. The number of halogens is 1. The van der Waals surface area contributed by atoms with Crippen LogP contribution in [0.1, 0.15) is 16.1 Å². The molecule has 124 valence electrons. The van der Waals surface area contributed by atoms with Gasteiger partial charge in [0, 0.05) is 16.7 Å². The first-order valence-corrected chi connectivity index (χ1v) is 7.74. The summed E-state index contributed by atoms with van der Waals surface area (Å²) in [5.41, 5.74) is 0.624. The Kier molecular flexibility index (Phi) is 4.77. The Bertz CT molecular complexity index is 975. The Balaban J connectivity index is 1.81. The number of benzene rings is 2. The number of rotatable bonds is 5. The lowest BCUT2D eigenvalue weighted by Crippen LogP contribution is -2.00. The molecule has 0 amide bonds. The van der Waals surface area contributed by atoms with Gasteiger partial charge in [0.05, 0.1) is 10.5 Å². The summed E-state index contributed by atoms with van der Waals surface area (Å²) < 4.78 is 5.66. The van der Waals surface area contributed by atoms with Crippen LogP contribution in [0.4, 0.5) is 5.69 Å². The van der Waals surface area contributed by atoms with E-state index in [0.29, 0.717) is 16.5 Å². The second-order valence-electron chi connectivity index (χ2n) is 5.18. The maximum absolute atomic E-state index is 12.2. The lowest BCUT2D eigenvalue weighted by atomic mass is 10.1. The van der Waals surface area contributed by atoms with Gasteiger partial charge in [0.25, 0.3) is 5.69 Å². The number of para-hydroxylation sites is 1. The van der Waals surface area contributed by atoms with Gasteiger partial charge in [0.15, 0.2) is 5.78 Å². The number of nitrogens with zero attached hydrogens (tertiary/aromatic N) is 1. The Labute approximate surface area is 148 Å². The van der Waals surface area contributed by atoms with Gasteiger partial charge < -0.3 is 4.42 Å². The highest BCUT2D eigenvalue weighted by atomic mass is 35.5. The van der Waals surface area contributed by atoms with Crippen LogP contribution < -0.4 is 0 Å². The first kappa shape index (κ1) is 16.7. The van der Waals surface area contributed by atoms with E-state index in [-0.39, 0.29) is 11.3 Å². The number of nitro benzene ring substituents is 1. The standard InChI is InChI=1S/C19H12ClNO4/c20-14-5-3-4-13(12-14)19-11-9-15(25-19)8-10-18(22)16-6-1-2-7-17(16)21(23)24/h1-12H/b10-8+. The van der Waals surface area contributed by atoms with Crippen LogP contribution in [-0.2, 0) is 0 Å². The third-order valence-electron chi connectivity index (χ3n) is 3.50. The second-order valence-corrected chi connectivity index (χ2v) is 5.62. The number of ketones is 1. The third-order valence-corrected chi connectivity index (χ3v) is 3.74. The minimum absolute atomic E-state index is 0.0328. The van der Waals surface area contributed by atoms with E-state index in [1.165, 1.54) is 30.4 Å². The van der Waals surface area contributed by atoms with Crippen LogP contribution in [0.2, 0.25) is 5.02 Å². The molecular weight excluding hydrogens is 342 g/mol. The molecule has 3 rings (SSSR count). The smallest absolute Gasteiger partial charge is 0.280 e. The average Bonchev–Trinajstić information content (AvgIpc) is 3.08. The Morgan fingerprint density at radius 3 is 2.64 bits per heavy atom.